The van der Waals surface area contributed by atoms with Crippen molar-refractivity contribution in [3.8, 4) is 11.5 Å². The van der Waals surface area contributed by atoms with E-state index in [1.165, 1.54) is 11.3 Å². The molecule has 4 nitrogen and oxygen atoms in total. The number of methoxy groups -OCH3 is 2. The van der Waals surface area contributed by atoms with Crippen molar-refractivity contribution in [2.45, 2.75) is 25.2 Å². The highest BCUT2D eigenvalue weighted by Gasteiger charge is 2.46. The van der Waals surface area contributed by atoms with Crippen molar-refractivity contribution in [1.29, 1.82) is 0 Å². The van der Waals surface area contributed by atoms with Crippen LogP contribution in [-0.2, 0) is 5.41 Å². The Balaban J connectivity index is 2.35. The molecule has 1 aromatic heterocycles. The number of aryl methyl sites for hydroxylation is 1. The van der Waals surface area contributed by atoms with Gasteiger partial charge in [0.2, 0.25) is 0 Å². The zero-order chi connectivity index (χ0) is 13.6. The fraction of sp³-hybridized carbons (Fsp3) is 0.467. The molecule has 102 valence electrons. The molecule has 3 N–H and O–H groups in total. The van der Waals surface area contributed by atoms with Crippen molar-refractivity contribution in [1.82, 2.24) is 4.98 Å². The summed E-state index contributed by atoms with van der Waals surface area (Å²) in [7, 11) is 3.39. The second-order valence-corrected chi connectivity index (χ2v) is 5.33. The van der Waals surface area contributed by atoms with E-state index in [0.29, 0.717) is 6.54 Å². The number of benzene rings is 1. The Hall–Kier alpha value is -1.68. The molecule has 1 heterocycles. The number of nitrogens with one attached hydrogen (secondary N) is 1. The first kappa shape index (κ1) is 12.4. The summed E-state index contributed by atoms with van der Waals surface area (Å²) in [6.45, 7) is 2.78. The Morgan fingerprint density at radius 2 is 1.84 bits per heavy atom. The Kier molecular flexibility index (Phi) is 2.71. The molecule has 0 bridgehead atoms. The van der Waals surface area contributed by atoms with Gasteiger partial charge in [-0.2, -0.15) is 0 Å². The van der Waals surface area contributed by atoms with Gasteiger partial charge in [-0.1, -0.05) is 0 Å². The van der Waals surface area contributed by atoms with Gasteiger partial charge in [0.25, 0.3) is 0 Å². The topological polar surface area (TPSA) is 60.3 Å². The molecule has 0 saturated heterocycles. The quantitative estimate of drug-likeness (QED) is 0.888. The third-order valence-corrected chi connectivity index (χ3v) is 4.28. The average molecular weight is 260 g/mol. The number of hydrogen-bond donors (Lipinski definition) is 2. The molecule has 4 heteroatoms. The van der Waals surface area contributed by atoms with E-state index in [1.807, 2.05) is 12.1 Å². The minimum absolute atomic E-state index is 0.127. The standard InChI is InChI=1S/C15H20N2O2/c1-9-13(15(8-16)6-7-15)12-10(18-2)4-5-11(19-3)14(12)17-9/h4-5,17H,6-8,16H2,1-3H3. The lowest BCUT2D eigenvalue weighted by Gasteiger charge is -2.15. The molecule has 0 radical (unpaired) electrons. The van der Waals surface area contributed by atoms with Crippen molar-refractivity contribution in [2.24, 2.45) is 5.73 Å². The van der Waals surface area contributed by atoms with Crippen LogP contribution in [0.2, 0.25) is 0 Å². The fourth-order valence-corrected chi connectivity index (χ4v) is 3.08. The van der Waals surface area contributed by atoms with Crippen molar-refractivity contribution in [2.75, 3.05) is 20.8 Å². The lowest BCUT2D eigenvalue weighted by molar-refractivity contribution is 0.410. The van der Waals surface area contributed by atoms with Gasteiger partial charge in [0.05, 0.1) is 19.7 Å². The minimum Gasteiger partial charge on any atom is -0.496 e. The second-order valence-electron chi connectivity index (χ2n) is 5.33. The van der Waals surface area contributed by atoms with Gasteiger partial charge in [-0.05, 0) is 37.5 Å². The van der Waals surface area contributed by atoms with Crippen LogP contribution in [0.4, 0.5) is 0 Å². The van der Waals surface area contributed by atoms with Crippen LogP contribution in [0.3, 0.4) is 0 Å². The molecule has 0 amide bonds. The minimum atomic E-state index is 0.127. The van der Waals surface area contributed by atoms with Gasteiger partial charge in [0, 0.05) is 23.0 Å². The van der Waals surface area contributed by atoms with Gasteiger partial charge < -0.3 is 20.2 Å². The van der Waals surface area contributed by atoms with Crippen LogP contribution in [0.5, 0.6) is 11.5 Å². The van der Waals surface area contributed by atoms with Crippen LogP contribution in [0, 0.1) is 6.92 Å². The van der Waals surface area contributed by atoms with E-state index in [-0.39, 0.29) is 5.41 Å². The molecule has 2 aromatic rings. The number of nitrogens with two attached hydrogens (primary N) is 1. The third-order valence-electron chi connectivity index (χ3n) is 4.28. The lowest BCUT2D eigenvalue weighted by Crippen LogP contribution is -2.20. The number of H-pyrrole nitrogens is 1. The van der Waals surface area contributed by atoms with Crippen LogP contribution in [0.1, 0.15) is 24.1 Å². The second kappa shape index (κ2) is 4.17. The van der Waals surface area contributed by atoms with Crippen LogP contribution in [-0.4, -0.2) is 25.7 Å². The Bertz CT molecular complexity index is 627. The van der Waals surface area contributed by atoms with Gasteiger partial charge in [0.1, 0.15) is 11.5 Å². The summed E-state index contributed by atoms with van der Waals surface area (Å²) in [4.78, 5) is 3.44. The summed E-state index contributed by atoms with van der Waals surface area (Å²) >= 11 is 0. The number of rotatable bonds is 4. The van der Waals surface area contributed by atoms with E-state index < -0.39 is 0 Å². The number of aromatic nitrogens is 1. The van der Waals surface area contributed by atoms with Crippen LogP contribution in [0.25, 0.3) is 10.9 Å². The highest BCUT2D eigenvalue weighted by molar-refractivity contribution is 5.96. The SMILES string of the molecule is COc1ccc(OC)c2c(C3(CN)CC3)c(C)[nH]c12. The molecule has 0 aliphatic heterocycles. The Morgan fingerprint density at radius 3 is 2.37 bits per heavy atom. The molecule has 3 rings (SSSR count). The molecule has 1 aliphatic carbocycles. The molecule has 1 aromatic carbocycles. The highest BCUT2D eigenvalue weighted by atomic mass is 16.5. The molecule has 0 atom stereocenters. The van der Waals surface area contributed by atoms with Crippen molar-refractivity contribution < 1.29 is 9.47 Å². The van der Waals surface area contributed by atoms with E-state index in [1.54, 1.807) is 14.2 Å². The number of fused-ring (bicyclic) bond motifs is 1. The number of ether oxygens (including phenoxy) is 2. The fourth-order valence-electron chi connectivity index (χ4n) is 3.08. The van der Waals surface area contributed by atoms with Gasteiger partial charge in [-0.25, -0.2) is 0 Å². The van der Waals surface area contributed by atoms with E-state index in [0.717, 1.165) is 35.2 Å². The maximum atomic E-state index is 6.00. The van der Waals surface area contributed by atoms with Crippen LogP contribution in [0.15, 0.2) is 12.1 Å². The van der Waals surface area contributed by atoms with E-state index >= 15 is 0 Å². The van der Waals surface area contributed by atoms with Gasteiger partial charge >= 0.3 is 0 Å². The molecule has 1 aliphatic rings. The molecule has 19 heavy (non-hydrogen) atoms. The molecule has 0 spiro atoms. The van der Waals surface area contributed by atoms with Crippen molar-refractivity contribution >= 4 is 10.9 Å². The van der Waals surface area contributed by atoms with E-state index in [4.69, 9.17) is 15.2 Å². The van der Waals surface area contributed by atoms with Crippen LogP contribution >= 0.6 is 0 Å². The Labute approximate surface area is 112 Å². The van der Waals surface area contributed by atoms with Crippen molar-refractivity contribution in [3.63, 3.8) is 0 Å². The van der Waals surface area contributed by atoms with Gasteiger partial charge in [0.15, 0.2) is 0 Å². The smallest absolute Gasteiger partial charge is 0.143 e. The summed E-state index contributed by atoms with van der Waals surface area (Å²) in [5.74, 6) is 1.73. The zero-order valence-corrected chi connectivity index (χ0v) is 11.7. The number of aromatic amines is 1. The predicted octanol–water partition coefficient (Wildman–Crippen LogP) is 2.48. The Morgan fingerprint density at radius 1 is 1.21 bits per heavy atom. The summed E-state index contributed by atoms with van der Waals surface area (Å²) in [6, 6.07) is 3.90. The first-order valence-corrected chi connectivity index (χ1v) is 6.60. The number of hydrogen-bond acceptors (Lipinski definition) is 3. The molecular formula is C15H20N2O2. The van der Waals surface area contributed by atoms with E-state index in [2.05, 4.69) is 11.9 Å². The molecule has 1 fully saturated rings. The maximum absolute atomic E-state index is 6.00. The third kappa shape index (κ3) is 1.63. The molecular weight excluding hydrogens is 240 g/mol. The molecule has 1 saturated carbocycles. The summed E-state index contributed by atoms with van der Waals surface area (Å²) in [5.41, 5.74) is 9.61. The van der Waals surface area contributed by atoms with Gasteiger partial charge in [-0.3, -0.25) is 0 Å². The first-order chi connectivity index (χ1) is 9.16. The van der Waals surface area contributed by atoms with Crippen LogP contribution < -0.4 is 15.2 Å². The highest BCUT2D eigenvalue weighted by Crippen LogP contribution is 2.53. The van der Waals surface area contributed by atoms with Crippen molar-refractivity contribution in [3.05, 3.63) is 23.4 Å². The summed E-state index contributed by atoms with van der Waals surface area (Å²) in [5, 5.41) is 1.13. The maximum Gasteiger partial charge on any atom is 0.143 e. The largest absolute Gasteiger partial charge is 0.496 e. The first-order valence-electron chi connectivity index (χ1n) is 6.60. The monoisotopic (exact) mass is 260 g/mol. The molecule has 0 unspecified atom stereocenters. The normalized spacial score (nSPS) is 16.6. The van der Waals surface area contributed by atoms with E-state index in [9.17, 15) is 0 Å². The van der Waals surface area contributed by atoms with Gasteiger partial charge in [-0.15, -0.1) is 0 Å². The summed E-state index contributed by atoms with van der Waals surface area (Å²) < 4.78 is 11.0. The lowest BCUT2D eigenvalue weighted by atomic mass is 9.92. The average Bonchev–Trinajstić information content (AvgIpc) is 3.14. The zero-order valence-electron chi connectivity index (χ0n) is 11.7. The predicted molar refractivity (Wildman–Crippen MR) is 76.1 cm³/mol. The summed E-state index contributed by atoms with van der Waals surface area (Å²) in [6.07, 6.45) is 2.30.